The van der Waals surface area contributed by atoms with Crippen molar-refractivity contribution in [3.63, 3.8) is 0 Å². The highest BCUT2D eigenvalue weighted by Crippen LogP contribution is 2.66. The second-order valence-corrected chi connectivity index (χ2v) is 9.09. The molecular weight excluding hydrogens is 389 g/mol. The molecule has 7 nitrogen and oxygen atoms in total. The Morgan fingerprint density at radius 2 is 2.17 bits per heavy atom. The SMILES string of the molecule is COc1c(C2CC23CNCC(N)[C@H]3C)c(F)cc2c(=O)c(C(=O)O)cn(C3CC3)c12. The zero-order valence-corrected chi connectivity index (χ0v) is 17.1. The van der Waals surface area contributed by atoms with E-state index in [1.807, 2.05) is 0 Å². The molecular formula is C22H26FN3O4. The van der Waals surface area contributed by atoms with Crippen molar-refractivity contribution >= 4 is 16.9 Å². The Bertz CT molecular complexity index is 1130. The maximum atomic E-state index is 15.5. The maximum Gasteiger partial charge on any atom is 0.341 e. The van der Waals surface area contributed by atoms with Crippen LogP contribution in [0.15, 0.2) is 17.1 Å². The zero-order chi connectivity index (χ0) is 21.4. The van der Waals surface area contributed by atoms with Crippen molar-refractivity contribution in [3.8, 4) is 5.75 Å². The lowest BCUT2D eigenvalue weighted by Crippen LogP contribution is -2.51. The molecule has 2 saturated carbocycles. The second-order valence-electron chi connectivity index (χ2n) is 9.09. The fourth-order valence-electron chi connectivity index (χ4n) is 5.44. The number of carboxylic acid groups (broad SMARTS) is 1. The highest BCUT2D eigenvalue weighted by molar-refractivity contribution is 5.95. The van der Waals surface area contributed by atoms with Gasteiger partial charge >= 0.3 is 5.97 Å². The molecule has 4 N–H and O–H groups in total. The number of nitrogens with two attached hydrogens (primary N) is 1. The first-order valence-corrected chi connectivity index (χ1v) is 10.4. The van der Waals surface area contributed by atoms with Crippen LogP contribution in [-0.2, 0) is 0 Å². The van der Waals surface area contributed by atoms with Crippen LogP contribution < -0.4 is 21.2 Å². The third kappa shape index (κ3) is 2.63. The molecule has 4 atom stereocenters. The van der Waals surface area contributed by atoms with E-state index < -0.39 is 17.2 Å². The molecule has 2 heterocycles. The number of halogens is 1. The number of aromatic carboxylic acids is 1. The van der Waals surface area contributed by atoms with Crippen LogP contribution in [0.3, 0.4) is 0 Å². The predicted octanol–water partition coefficient (Wildman–Crippen LogP) is 2.22. The van der Waals surface area contributed by atoms with Crippen LogP contribution in [-0.4, -0.2) is 41.9 Å². The summed E-state index contributed by atoms with van der Waals surface area (Å²) in [5.41, 5.74) is 6.09. The summed E-state index contributed by atoms with van der Waals surface area (Å²) in [5.74, 6) is -1.32. The number of hydrogen-bond acceptors (Lipinski definition) is 5. The van der Waals surface area contributed by atoms with Crippen molar-refractivity contribution in [2.45, 2.75) is 44.2 Å². The number of hydrogen-bond donors (Lipinski definition) is 3. The summed E-state index contributed by atoms with van der Waals surface area (Å²) < 4.78 is 23.0. The molecule has 1 saturated heterocycles. The van der Waals surface area contributed by atoms with Crippen molar-refractivity contribution in [1.82, 2.24) is 9.88 Å². The van der Waals surface area contributed by atoms with Crippen LogP contribution in [0, 0.1) is 17.2 Å². The lowest BCUT2D eigenvalue weighted by Gasteiger charge is -2.36. The number of pyridine rings is 1. The summed E-state index contributed by atoms with van der Waals surface area (Å²) >= 11 is 0. The number of aromatic nitrogens is 1. The highest BCUT2D eigenvalue weighted by Gasteiger charge is 2.61. The molecule has 1 aliphatic heterocycles. The van der Waals surface area contributed by atoms with Crippen molar-refractivity contribution in [2.24, 2.45) is 17.1 Å². The normalized spacial score (nSPS) is 30.6. The fraction of sp³-hybridized carbons (Fsp3) is 0.545. The summed E-state index contributed by atoms with van der Waals surface area (Å²) in [7, 11) is 1.48. The van der Waals surface area contributed by atoms with Gasteiger partial charge in [-0.1, -0.05) is 6.92 Å². The smallest absolute Gasteiger partial charge is 0.341 e. The topological polar surface area (TPSA) is 107 Å². The summed E-state index contributed by atoms with van der Waals surface area (Å²) in [4.78, 5) is 24.4. The zero-order valence-electron chi connectivity index (χ0n) is 17.1. The van der Waals surface area contributed by atoms with Gasteiger partial charge < -0.3 is 25.5 Å². The first-order valence-electron chi connectivity index (χ1n) is 10.4. The number of rotatable bonds is 4. The number of ether oxygens (including phenoxy) is 1. The standard InChI is InChI=1S/C22H26FN3O4/c1-10-16(24)7-25-9-22(10)6-14(22)17-15(23)5-12-18(20(17)30-2)26(11-3-4-11)8-13(19(12)27)21(28)29/h5,8,10-11,14,16,25H,3-4,6-7,9,24H2,1-2H3,(H,28,29)/t10-,14?,16?,22?/m1/s1. The Labute approximate surface area is 173 Å². The fourth-order valence-corrected chi connectivity index (χ4v) is 5.44. The van der Waals surface area contributed by atoms with Gasteiger partial charge in [0, 0.05) is 36.9 Å². The lowest BCUT2D eigenvalue weighted by molar-refractivity contribution is 0.0695. The van der Waals surface area contributed by atoms with E-state index in [0.29, 0.717) is 16.8 Å². The van der Waals surface area contributed by atoms with Crippen LogP contribution in [0.5, 0.6) is 5.75 Å². The van der Waals surface area contributed by atoms with E-state index in [9.17, 15) is 14.7 Å². The number of nitrogens with zero attached hydrogens (tertiary/aromatic N) is 1. The number of piperidine rings is 1. The molecule has 30 heavy (non-hydrogen) atoms. The van der Waals surface area contributed by atoms with E-state index in [2.05, 4.69) is 12.2 Å². The summed E-state index contributed by atoms with van der Waals surface area (Å²) in [6.07, 6.45) is 3.96. The Kier molecular flexibility index (Phi) is 4.24. The van der Waals surface area contributed by atoms with E-state index in [0.717, 1.165) is 32.4 Å². The van der Waals surface area contributed by atoms with Crippen molar-refractivity contribution in [1.29, 1.82) is 0 Å². The van der Waals surface area contributed by atoms with Crippen LogP contribution in [0.1, 0.15) is 54.1 Å². The van der Waals surface area contributed by atoms with Crippen molar-refractivity contribution < 1.29 is 19.0 Å². The Balaban J connectivity index is 1.74. The molecule has 2 aliphatic carbocycles. The molecule has 5 rings (SSSR count). The molecule has 3 fully saturated rings. The van der Waals surface area contributed by atoms with Gasteiger partial charge in [0.2, 0.25) is 5.43 Å². The molecule has 3 aliphatic rings. The third-order valence-corrected chi connectivity index (χ3v) is 7.48. The first-order chi connectivity index (χ1) is 14.3. The highest BCUT2D eigenvalue weighted by atomic mass is 19.1. The van der Waals surface area contributed by atoms with Gasteiger partial charge in [-0.05, 0) is 42.6 Å². The third-order valence-electron chi connectivity index (χ3n) is 7.48. The van der Waals surface area contributed by atoms with E-state index in [4.69, 9.17) is 10.5 Å². The molecule has 160 valence electrons. The molecule has 3 unspecified atom stereocenters. The average Bonchev–Trinajstić information content (AvgIpc) is 3.62. The molecule has 0 bridgehead atoms. The number of benzene rings is 1. The molecule has 1 spiro atoms. The average molecular weight is 415 g/mol. The minimum absolute atomic E-state index is 0.000955. The summed E-state index contributed by atoms with van der Waals surface area (Å²) in [6, 6.07) is 1.30. The van der Waals surface area contributed by atoms with Gasteiger partial charge in [-0.3, -0.25) is 4.79 Å². The number of carboxylic acids is 1. The van der Waals surface area contributed by atoms with Gasteiger partial charge in [0.25, 0.3) is 0 Å². The van der Waals surface area contributed by atoms with Crippen molar-refractivity contribution in [2.75, 3.05) is 20.2 Å². The Hall–Kier alpha value is -2.45. The van der Waals surface area contributed by atoms with Crippen LogP contribution in [0.2, 0.25) is 0 Å². The molecule has 8 heteroatoms. The van der Waals surface area contributed by atoms with Gasteiger partial charge in [-0.15, -0.1) is 0 Å². The van der Waals surface area contributed by atoms with Crippen LogP contribution in [0.4, 0.5) is 4.39 Å². The minimum Gasteiger partial charge on any atom is -0.494 e. The van der Waals surface area contributed by atoms with E-state index in [-0.39, 0.29) is 40.3 Å². The monoisotopic (exact) mass is 415 g/mol. The van der Waals surface area contributed by atoms with Crippen LogP contribution >= 0.6 is 0 Å². The largest absolute Gasteiger partial charge is 0.494 e. The number of methoxy groups -OCH3 is 1. The number of nitrogens with one attached hydrogen (secondary N) is 1. The number of carbonyl (C=O) groups is 1. The van der Waals surface area contributed by atoms with Gasteiger partial charge in [0.15, 0.2) is 0 Å². The molecule has 0 amide bonds. The van der Waals surface area contributed by atoms with Gasteiger partial charge in [0.1, 0.15) is 17.1 Å². The van der Waals surface area contributed by atoms with Crippen LogP contribution in [0.25, 0.3) is 10.9 Å². The molecule has 1 aromatic carbocycles. The lowest BCUT2D eigenvalue weighted by atomic mass is 9.78. The second kappa shape index (κ2) is 6.52. The molecule has 1 aromatic heterocycles. The maximum absolute atomic E-state index is 15.5. The quantitative estimate of drug-likeness (QED) is 0.707. The Morgan fingerprint density at radius 1 is 1.43 bits per heavy atom. The van der Waals surface area contributed by atoms with Crippen molar-refractivity contribution in [3.05, 3.63) is 39.4 Å². The van der Waals surface area contributed by atoms with Gasteiger partial charge in [-0.2, -0.15) is 0 Å². The van der Waals surface area contributed by atoms with Gasteiger partial charge in [-0.25, -0.2) is 9.18 Å². The number of fused-ring (bicyclic) bond motifs is 1. The van der Waals surface area contributed by atoms with Gasteiger partial charge in [0.05, 0.1) is 18.0 Å². The van der Waals surface area contributed by atoms with E-state index in [1.165, 1.54) is 19.4 Å². The molecule has 2 aromatic rings. The van der Waals surface area contributed by atoms with E-state index >= 15 is 4.39 Å². The Morgan fingerprint density at radius 3 is 2.80 bits per heavy atom. The summed E-state index contributed by atoms with van der Waals surface area (Å²) in [6.45, 7) is 3.63. The van der Waals surface area contributed by atoms with E-state index in [1.54, 1.807) is 4.57 Å². The first kappa shape index (κ1) is 19.5. The minimum atomic E-state index is -1.31. The summed E-state index contributed by atoms with van der Waals surface area (Å²) in [5, 5.41) is 12.9. The molecule has 0 radical (unpaired) electrons. The predicted molar refractivity (Wildman–Crippen MR) is 110 cm³/mol.